The largest absolute Gasteiger partial charge is 0.305 e. The Hall–Kier alpha value is -2.33. The SMILES string of the molecule is CCCc1nnc(NC(=O)CSc2nnc(-c3ccccc3F)n2C)s1. The molecule has 0 saturated carbocycles. The standard InChI is InChI=1S/C16H17FN6OS2/c1-3-6-13-19-21-15(26-13)18-12(24)9-25-16-22-20-14(23(16)2)10-7-4-5-8-11(10)17/h4-5,7-8H,3,6,9H2,1-2H3,(H,18,21,24). The van der Waals surface area contributed by atoms with E-state index < -0.39 is 0 Å². The van der Waals surface area contributed by atoms with Gasteiger partial charge in [-0.3, -0.25) is 10.1 Å². The number of thioether (sulfide) groups is 1. The fraction of sp³-hybridized carbons (Fsp3) is 0.312. The molecule has 10 heteroatoms. The molecule has 0 unspecified atom stereocenters. The van der Waals surface area contributed by atoms with Crippen LogP contribution in [0, 0.1) is 5.82 Å². The fourth-order valence-electron chi connectivity index (χ4n) is 2.22. The summed E-state index contributed by atoms with van der Waals surface area (Å²) in [5.41, 5.74) is 0.371. The molecule has 0 spiro atoms. The fourth-order valence-corrected chi connectivity index (χ4v) is 3.79. The first-order valence-electron chi connectivity index (χ1n) is 7.97. The molecule has 0 aliphatic rings. The van der Waals surface area contributed by atoms with E-state index in [4.69, 9.17) is 0 Å². The second-order valence-corrected chi connectivity index (χ2v) is 7.44. The van der Waals surface area contributed by atoms with E-state index in [1.807, 2.05) is 0 Å². The molecule has 2 heterocycles. The smallest absolute Gasteiger partial charge is 0.236 e. The van der Waals surface area contributed by atoms with E-state index in [0.717, 1.165) is 17.8 Å². The Kier molecular flexibility index (Phi) is 5.94. The zero-order valence-electron chi connectivity index (χ0n) is 14.3. The van der Waals surface area contributed by atoms with Gasteiger partial charge in [-0.25, -0.2) is 4.39 Å². The normalized spacial score (nSPS) is 10.9. The van der Waals surface area contributed by atoms with Gasteiger partial charge < -0.3 is 4.57 Å². The highest BCUT2D eigenvalue weighted by atomic mass is 32.2. The predicted octanol–water partition coefficient (Wildman–Crippen LogP) is 3.16. The summed E-state index contributed by atoms with van der Waals surface area (Å²) >= 11 is 2.60. The van der Waals surface area contributed by atoms with Crippen molar-refractivity contribution in [1.82, 2.24) is 25.0 Å². The third kappa shape index (κ3) is 4.25. The summed E-state index contributed by atoms with van der Waals surface area (Å²) in [4.78, 5) is 12.1. The highest BCUT2D eigenvalue weighted by molar-refractivity contribution is 7.99. The monoisotopic (exact) mass is 392 g/mol. The number of aromatic nitrogens is 5. The zero-order chi connectivity index (χ0) is 18.5. The van der Waals surface area contributed by atoms with Gasteiger partial charge >= 0.3 is 0 Å². The molecule has 3 aromatic rings. The molecule has 1 aromatic carbocycles. The zero-order valence-corrected chi connectivity index (χ0v) is 15.9. The van der Waals surface area contributed by atoms with Crippen LogP contribution in [0.1, 0.15) is 18.4 Å². The Morgan fingerprint density at radius 3 is 2.85 bits per heavy atom. The average Bonchev–Trinajstić information content (AvgIpc) is 3.21. The Balaban J connectivity index is 1.61. The number of rotatable bonds is 7. The topological polar surface area (TPSA) is 85.6 Å². The van der Waals surface area contributed by atoms with Crippen LogP contribution < -0.4 is 5.32 Å². The van der Waals surface area contributed by atoms with Crippen molar-refractivity contribution in [2.45, 2.75) is 24.9 Å². The van der Waals surface area contributed by atoms with Crippen molar-refractivity contribution in [2.24, 2.45) is 7.05 Å². The molecule has 3 rings (SSSR count). The third-order valence-corrected chi connectivity index (χ3v) is 5.38. The maximum Gasteiger partial charge on any atom is 0.236 e. The molecule has 0 aliphatic heterocycles. The van der Waals surface area contributed by atoms with E-state index >= 15 is 0 Å². The van der Waals surface area contributed by atoms with Gasteiger partial charge in [0.05, 0.1) is 11.3 Å². The predicted molar refractivity (Wildman–Crippen MR) is 99.7 cm³/mol. The van der Waals surface area contributed by atoms with Gasteiger partial charge in [-0.05, 0) is 18.6 Å². The van der Waals surface area contributed by atoms with Crippen molar-refractivity contribution in [1.29, 1.82) is 0 Å². The van der Waals surface area contributed by atoms with Gasteiger partial charge in [0.1, 0.15) is 10.8 Å². The number of carbonyl (C=O) groups excluding carboxylic acids is 1. The minimum atomic E-state index is -0.364. The molecule has 0 atom stereocenters. The van der Waals surface area contributed by atoms with Crippen molar-refractivity contribution in [2.75, 3.05) is 11.1 Å². The maximum absolute atomic E-state index is 13.9. The van der Waals surface area contributed by atoms with E-state index in [1.54, 1.807) is 29.8 Å². The lowest BCUT2D eigenvalue weighted by atomic mass is 10.2. The number of hydrogen-bond acceptors (Lipinski definition) is 7. The quantitative estimate of drug-likeness (QED) is 0.622. The van der Waals surface area contributed by atoms with E-state index in [1.165, 1.54) is 29.2 Å². The first-order chi connectivity index (χ1) is 12.6. The number of halogens is 1. The van der Waals surface area contributed by atoms with Crippen LogP contribution in [0.25, 0.3) is 11.4 Å². The summed E-state index contributed by atoms with van der Waals surface area (Å²) in [6.45, 7) is 2.06. The summed E-state index contributed by atoms with van der Waals surface area (Å²) in [5.74, 6) is -0.00761. The van der Waals surface area contributed by atoms with Crippen molar-refractivity contribution in [3.63, 3.8) is 0 Å². The van der Waals surface area contributed by atoms with Crippen LogP contribution in [0.5, 0.6) is 0 Å². The Bertz CT molecular complexity index is 910. The Morgan fingerprint density at radius 1 is 1.27 bits per heavy atom. The molecule has 136 valence electrons. The van der Waals surface area contributed by atoms with Gasteiger partial charge in [0.25, 0.3) is 0 Å². The number of amides is 1. The Labute approximate surface area is 158 Å². The average molecular weight is 392 g/mol. The minimum Gasteiger partial charge on any atom is -0.305 e. The van der Waals surface area contributed by atoms with Gasteiger partial charge in [-0.1, -0.05) is 42.2 Å². The molecular formula is C16H17FN6OS2. The lowest BCUT2D eigenvalue weighted by molar-refractivity contribution is -0.113. The molecule has 1 amide bonds. The van der Waals surface area contributed by atoms with Gasteiger partial charge in [-0.15, -0.1) is 20.4 Å². The highest BCUT2D eigenvalue weighted by Gasteiger charge is 2.16. The molecule has 2 aromatic heterocycles. The number of aryl methyl sites for hydroxylation is 1. The second kappa shape index (κ2) is 8.37. The first kappa shape index (κ1) is 18.5. The van der Waals surface area contributed by atoms with E-state index in [0.29, 0.717) is 21.7 Å². The summed E-state index contributed by atoms with van der Waals surface area (Å²) in [7, 11) is 1.74. The van der Waals surface area contributed by atoms with Gasteiger partial charge in [0, 0.05) is 13.5 Å². The number of nitrogens with zero attached hydrogens (tertiary/aromatic N) is 5. The van der Waals surface area contributed by atoms with Crippen molar-refractivity contribution >= 4 is 34.1 Å². The van der Waals surface area contributed by atoms with Crippen LogP contribution in [0.3, 0.4) is 0 Å². The number of anilines is 1. The molecule has 0 fully saturated rings. The number of benzene rings is 1. The van der Waals surface area contributed by atoms with Crippen LogP contribution in [0.2, 0.25) is 0 Å². The second-order valence-electron chi connectivity index (χ2n) is 5.43. The van der Waals surface area contributed by atoms with E-state index in [2.05, 4.69) is 32.6 Å². The van der Waals surface area contributed by atoms with Crippen LogP contribution in [0.4, 0.5) is 9.52 Å². The molecule has 7 nitrogen and oxygen atoms in total. The highest BCUT2D eigenvalue weighted by Crippen LogP contribution is 2.25. The summed E-state index contributed by atoms with van der Waals surface area (Å²) < 4.78 is 15.6. The van der Waals surface area contributed by atoms with Gasteiger partial charge in [-0.2, -0.15) is 0 Å². The third-order valence-electron chi connectivity index (χ3n) is 3.46. The lowest BCUT2D eigenvalue weighted by Crippen LogP contribution is -2.14. The summed E-state index contributed by atoms with van der Waals surface area (Å²) in [6.07, 6.45) is 1.83. The van der Waals surface area contributed by atoms with Crippen LogP contribution in [0.15, 0.2) is 29.4 Å². The maximum atomic E-state index is 13.9. The molecule has 26 heavy (non-hydrogen) atoms. The molecule has 0 saturated heterocycles. The van der Waals surface area contributed by atoms with Crippen molar-refractivity contribution < 1.29 is 9.18 Å². The van der Waals surface area contributed by atoms with Crippen LogP contribution in [-0.2, 0) is 18.3 Å². The summed E-state index contributed by atoms with van der Waals surface area (Å²) in [6, 6.07) is 6.37. The molecule has 0 aliphatic carbocycles. The molecule has 1 N–H and O–H groups in total. The van der Waals surface area contributed by atoms with Crippen LogP contribution in [-0.4, -0.2) is 36.6 Å². The number of carbonyl (C=O) groups is 1. The molecule has 0 bridgehead atoms. The number of hydrogen-bond donors (Lipinski definition) is 1. The summed E-state index contributed by atoms with van der Waals surface area (Å²) in [5, 5.41) is 20.7. The van der Waals surface area contributed by atoms with Gasteiger partial charge in [0.15, 0.2) is 11.0 Å². The van der Waals surface area contributed by atoms with E-state index in [9.17, 15) is 9.18 Å². The first-order valence-corrected chi connectivity index (χ1v) is 9.78. The van der Waals surface area contributed by atoms with Gasteiger partial charge in [0.2, 0.25) is 11.0 Å². The van der Waals surface area contributed by atoms with E-state index in [-0.39, 0.29) is 17.5 Å². The van der Waals surface area contributed by atoms with Crippen molar-refractivity contribution in [3.8, 4) is 11.4 Å². The molecular weight excluding hydrogens is 375 g/mol. The molecule has 0 radical (unpaired) electrons. The number of nitrogens with one attached hydrogen (secondary N) is 1. The van der Waals surface area contributed by atoms with Crippen LogP contribution >= 0.6 is 23.1 Å². The Morgan fingerprint density at radius 2 is 2.08 bits per heavy atom. The lowest BCUT2D eigenvalue weighted by Gasteiger charge is -2.04. The van der Waals surface area contributed by atoms with Crippen molar-refractivity contribution in [3.05, 3.63) is 35.1 Å². The minimum absolute atomic E-state index is 0.145.